The molecule has 1 fully saturated rings. The molecule has 2 atom stereocenters. The van der Waals surface area contributed by atoms with Gasteiger partial charge in [0.15, 0.2) is 0 Å². The van der Waals surface area contributed by atoms with Crippen LogP contribution in [-0.4, -0.2) is 34.7 Å². The fourth-order valence-electron chi connectivity index (χ4n) is 3.73. The van der Waals surface area contributed by atoms with Crippen LogP contribution in [0.25, 0.3) is 0 Å². The van der Waals surface area contributed by atoms with E-state index in [1.54, 1.807) is 12.1 Å². The summed E-state index contributed by atoms with van der Waals surface area (Å²) in [6.45, 7) is 2.08. The van der Waals surface area contributed by atoms with Crippen LogP contribution in [-0.2, 0) is 16.6 Å². The van der Waals surface area contributed by atoms with Gasteiger partial charge >= 0.3 is 12.1 Å². The molecular weight excluding hydrogens is 363 g/mol. The van der Waals surface area contributed by atoms with E-state index in [9.17, 15) is 23.1 Å². The minimum atomic E-state index is -4.83. The lowest BCUT2D eigenvalue weighted by Gasteiger charge is -2.49. The van der Waals surface area contributed by atoms with Crippen molar-refractivity contribution in [3.8, 4) is 5.75 Å². The molecule has 2 bridgehead atoms. The number of rotatable bonds is 0. The second-order valence-corrected chi connectivity index (χ2v) is 7.18. The molecule has 1 amide bonds. The summed E-state index contributed by atoms with van der Waals surface area (Å²) in [5, 5.41) is 9.87. The van der Waals surface area contributed by atoms with Crippen LogP contribution in [0.1, 0.15) is 30.9 Å². The number of amides is 1. The molecule has 1 aromatic rings. The van der Waals surface area contributed by atoms with Crippen molar-refractivity contribution in [1.82, 2.24) is 4.90 Å². The van der Waals surface area contributed by atoms with Gasteiger partial charge in [0.25, 0.3) is 0 Å². The van der Waals surface area contributed by atoms with Gasteiger partial charge in [0.1, 0.15) is 5.75 Å². The maximum Gasteiger partial charge on any atom is 0.471 e. The van der Waals surface area contributed by atoms with E-state index in [0.29, 0.717) is 23.7 Å². The molecule has 2 unspecified atom stereocenters. The minimum absolute atomic E-state index is 0.0930. The van der Waals surface area contributed by atoms with Gasteiger partial charge in [-0.15, -0.1) is 0 Å². The molecule has 1 aromatic carbocycles. The topological polar surface area (TPSA) is 40.5 Å². The van der Waals surface area contributed by atoms with E-state index >= 15 is 0 Å². The van der Waals surface area contributed by atoms with Crippen LogP contribution < -0.4 is 0 Å². The first-order chi connectivity index (χ1) is 10.1. The molecular formula is C15H15BrF3NO2. The molecule has 7 heteroatoms. The van der Waals surface area contributed by atoms with E-state index in [2.05, 4.69) is 15.9 Å². The van der Waals surface area contributed by atoms with Crippen LogP contribution in [0.2, 0.25) is 0 Å². The van der Waals surface area contributed by atoms with E-state index in [4.69, 9.17) is 0 Å². The van der Waals surface area contributed by atoms with Gasteiger partial charge < -0.3 is 10.0 Å². The maximum atomic E-state index is 12.7. The zero-order valence-electron chi connectivity index (χ0n) is 11.9. The van der Waals surface area contributed by atoms with Crippen molar-refractivity contribution in [3.05, 3.63) is 27.7 Å². The molecule has 2 aliphatic rings. The summed E-state index contributed by atoms with van der Waals surface area (Å²) in [6, 6.07) is 2.99. The number of fused-ring (bicyclic) bond motifs is 4. The second kappa shape index (κ2) is 4.88. The second-order valence-electron chi connectivity index (χ2n) is 6.33. The van der Waals surface area contributed by atoms with Crippen molar-refractivity contribution in [3.63, 3.8) is 0 Å². The number of benzene rings is 1. The molecule has 1 aliphatic carbocycles. The number of hydrogen-bond acceptors (Lipinski definition) is 2. The number of hydrogen-bond donors (Lipinski definition) is 1. The molecule has 0 aromatic heterocycles. The summed E-state index contributed by atoms with van der Waals surface area (Å²) in [5.41, 5.74) is 1.56. The quantitative estimate of drug-likeness (QED) is 0.751. The van der Waals surface area contributed by atoms with Gasteiger partial charge in [0.05, 0.1) is 4.47 Å². The summed E-state index contributed by atoms with van der Waals surface area (Å²) < 4.78 is 38.7. The molecule has 0 spiro atoms. The largest absolute Gasteiger partial charge is 0.507 e. The van der Waals surface area contributed by atoms with Crippen LogP contribution in [0.15, 0.2) is 16.6 Å². The average molecular weight is 378 g/mol. The highest BCUT2D eigenvalue weighted by molar-refractivity contribution is 9.10. The van der Waals surface area contributed by atoms with Gasteiger partial charge in [0, 0.05) is 12.6 Å². The van der Waals surface area contributed by atoms with Gasteiger partial charge in [-0.1, -0.05) is 6.92 Å². The average Bonchev–Trinajstić information content (AvgIpc) is 2.40. The highest BCUT2D eigenvalue weighted by atomic mass is 79.9. The fourth-order valence-corrected chi connectivity index (χ4v) is 4.12. The molecule has 120 valence electrons. The predicted molar refractivity (Wildman–Crippen MR) is 77.7 cm³/mol. The zero-order chi connectivity index (χ0) is 16.3. The highest BCUT2D eigenvalue weighted by Gasteiger charge is 2.50. The Labute approximate surface area is 134 Å². The van der Waals surface area contributed by atoms with Crippen molar-refractivity contribution in [2.24, 2.45) is 0 Å². The lowest BCUT2D eigenvalue weighted by Crippen LogP contribution is -2.57. The van der Waals surface area contributed by atoms with Crippen molar-refractivity contribution in [1.29, 1.82) is 0 Å². The predicted octanol–water partition coefficient (Wildman–Crippen LogP) is 3.52. The van der Waals surface area contributed by atoms with E-state index in [0.717, 1.165) is 16.0 Å². The molecule has 1 N–H and O–H groups in total. The van der Waals surface area contributed by atoms with E-state index in [1.807, 2.05) is 6.92 Å². The van der Waals surface area contributed by atoms with Crippen LogP contribution in [0.5, 0.6) is 5.75 Å². The molecule has 3 rings (SSSR count). The number of carbonyl (C=O) groups is 1. The molecule has 0 saturated carbocycles. The maximum absolute atomic E-state index is 12.7. The van der Waals surface area contributed by atoms with Crippen LogP contribution >= 0.6 is 15.9 Å². The Balaban J connectivity index is 1.99. The Morgan fingerprint density at radius 1 is 1.45 bits per heavy atom. The lowest BCUT2D eigenvalue weighted by atomic mass is 9.65. The standard InChI is InChI=1S/C15H15BrF3NO2/c1-14-2-3-20(13(22)15(17,18)19)9(7-14)4-8-5-11(16)12(21)6-10(8)14/h5-6,9,21H,2-4,7H2,1H3. The van der Waals surface area contributed by atoms with Crippen LogP contribution in [0.3, 0.4) is 0 Å². The zero-order valence-corrected chi connectivity index (χ0v) is 13.5. The Bertz CT molecular complexity index is 646. The van der Waals surface area contributed by atoms with Crippen molar-refractivity contribution in [2.45, 2.75) is 43.8 Å². The third-order valence-corrected chi connectivity index (χ3v) is 5.45. The first-order valence-corrected chi connectivity index (χ1v) is 7.81. The first kappa shape index (κ1) is 15.6. The summed E-state index contributed by atoms with van der Waals surface area (Å²) in [4.78, 5) is 12.6. The third kappa shape index (κ3) is 2.39. The molecule has 22 heavy (non-hydrogen) atoms. The number of aromatic hydroxyl groups is 1. The Morgan fingerprint density at radius 3 is 2.77 bits per heavy atom. The summed E-state index contributed by atoms with van der Waals surface area (Å²) in [7, 11) is 0. The molecule has 3 nitrogen and oxygen atoms in total. The van der Waals surface area contributed by atoms with Gasteiger partial charge in [-0.25, -0.2) is 0 Å². The third-order valence-electron chi connectivity index (χ3n) is 4.81. The van der Waals surface area contributed by atoms with E-state index in [-0.39, 0.29) is 17.7 Å². The number of likely N-dealkylation sites (tertiary alicyclic amines) is 1. The normalized spacial score (nSPS) is 27.5. The number of halogens is 4. The van der Waals surface area contributed by atoms with E-state index in [1.165, 1.54) is 0 Å². The Kier molecular flexibility index (Phi) is 3.47. The first-order valence-electron chi connectivity index (χ1n) is 7.01. The number of nitrogens with zero attached hydrogens (tertiary/aromatic N) is 1. The monoisotopic (exact) mass is 377 g/mol. The van der Waals surface area contributed by atoms with Crippen LogP contribution in [0, 0.1) is 0 Å². The SMILES string of the molecule is CC12CCN(C(=O)C(F)(F)F)C(Cc3cc(Br)c(O)cc31)C2. The fraction of sp³-hybridized carbons (Fsp3) is 0.533. The summed E-state index contributed by atoms with van der Waals surface area (Å²) >= 11 is 3.24. The summed E-state index contributed by atoms with van der Waals surface area (Å²) in [5.74, 6) is -1.62. The Morgan fingerprint density at radius 2 is 2.14 bits per heavy atom. The van der Waals surface area contributed by atoms with Gasteiger partial charge in [-0.2, -0.15) is 13.2 Å². The number of carbonyl (C=O) groups excluding carboxylic acids is 1. The number of alkyl halides is 3. The summed E-state index contributed by atoms with van der Waals surface area (Å²) in [6.07, 6.45) is -3.50. The number of phenols is 1. The molecule has 1 heterocycles. The lowest BCUT2D eigenvalue weighted by molar-refractivity contribution is -0.190. The Hall–Kier alpha value is -1.24. The smallest absolute Gasteiger partial charge is 0.471 e. The van der Waals surface area contributed by atoms with Crippen molar-refractivity contribution in [2.75, 3.05) is 6.54 Å². The van der Waals surface area contributed by atoms with Crippen molar-refractivity contribution < 1.29 is 23.1 Å². The van der Waals surface area contributed by atoms with Gasteiger partial charge in [0.2, 0.25) is 0 Å². The van der Waals surface area contributed by atoms with E-state index < -0.39 is 18.1 Å². The molecule has 0 radical (unpaired) electrons. The number of phenolic OH excluding ortho intramolecular Hbond substituents is 1. The van der Waals surface area contributed by atoms with Gasteiger partial charge in [-0.05, 0) is 63.9 Å². The highest BCUT2D eigenvalue weighted by Crippen LogP contribution is 2.47. The number of piperidine rings is 1. The molecule has 1 aliphatic heterocycles. The van der Waals surface area contributed by atoms with Gasteiger partial charge in [-0.3, -0.25) is 4.79 Å². The molecule has 1 saturated heterocycles. The van der Waals surface area contributed by atoms with Crippen LogP contribution in [0.4, 0.5) is 13.2 Å². The minimum Gasteiger partial charge on any atom is -0.507 e. The van der Waals surface area contributed by atoms with Crippen molar-refractivity contribution >= 4 is 21.8 Å².